The first-order chi connectivity index (χ1) is 11.6. The molecule has 4 heteroatoms. The van der Waals surface area contributed by atoms with E-state index in [-0.39, 0.29) is 5.91 Å². The Labute approximate surface area is 143 Å². The first-order valence-electron chi connectivity index (χ1n) is 8.34. The standard InChI is InChI=1S/C20H24N2O2/c1-15-8-9-17(14-16(15)2)21-10-12-22(13-11-21)20(23)18-6-4-5-7-19(18)24-3/h4-9,14H,10-13H2,1-3H3. The molecule has 1 aliphatic rings. The summed E-state index contributed by atoms with van der Waals surface area (Å²) >= 11 is 0. The summed E-state index contributed by atoms with van der Waals surface area (Å²) in [6, 6.07) is 14.0. The molecule has 1 saturated heterocycles. The minimum Gasteiger partial charge on any atom is -0.496 e. The molecule has 3 rings (SSSR count). The Bertz CT molecular complexity index is 734. The van der Waals surface area contributed by atoms with Gasteiger partial charge < -0.3 is 14.5 Å². The number of amides is 1. The highest BCUT2D eigenvalue weighted by atomic mass is 16.5. The molecule has 4 nitrogen and oxygen atoms in total. The highest BCUT2D eigenvalue weighted by molar-refractivity contribution is 5.97. The van der Waals surface area contributed by atoms with Crippen LogP contribution < -0.4 is 9.64 Å². The lowest BCUT2D eigenvalue weighted by molar-refractivity contribution is 0.0743. The molecule has 0 bridgehead atoms. The number of hydrogen-bond acceptors (Lipinski definition) is 3. The average Bonchev–Trinajstić information content (AvgIpc) is 2.63. The van der Waals surface area contributed by atoms with E-state index >= 15 is 0 Å². The van der Waals surface area contributed by atoms with E-state index in [2.05, 4.69) is 36.9 Å². The summed E-state index contributed by atoms with van der Waals surface area (Å²) in [6.45, 7) is 7.42. The van der Waals surface area contributed by atoms with Crippen molar-refractivity contribution in [1.82, 2.24) is 4.90 Å². The molecule has 1 amide bonds. The van der Waals surface area contributed by atoms with Gasteiger partial charge >= 0.3 is 0 Å². The predicted molar refractivity (Wildman–Crippen MR) is 97.0 cm³/mol. The maximum Gasteiger partial charge on any atom is 0.257 e. The van der Waals surface area contributed by atoms with Gasteiger partial charge in [-0.3, -0.25) is 4.79 Å². The molecule has 0 unspecified atom stereocenters. The number of piperazine rings is 1. The Morgan fingerprint density at radius 1 is 0.958 bits per heavy atom. The van der Waals surface area contributed by atoms with Gasteiger partial charge in [-0.05, 0) is 49.2 Å². The van der Waals surface area contributed by atoms with E-state index in [0.29, 0.717) is 11.3 Å². The zero-order chi connectivity index (χ0) is 17.1. The van der Waals surface area contributed by atoms with Crippen LogP contribution in [-0.2, 0) is 0 Å². The van der Waals surface area contributed by atoms with Crippen LogP contribution in [0.2, 0.25) is 0 Å². The molecule has 1 aliphatic heterocycles. The Hall–Kier alpha value is -2.49. The van der Waals surface area contributed by atoms with Crippen molar-refractivity contribution in [2.45, 2.75) is 13.8 Å². The third-order valence-electron chi connectivity index (χ3n) is 4.76. The molecular weight excluding hydrogens is 300 g/mol. The zero-order valence-electron chi connectivity index (χ0n) is 14.6. The lowest BCUT2D eigenvalue weighted by atomic mass is 10.1. The van der Waals surface area contributed by atoms with Crippen LogP contribution in [0.15, 0.2) is 42.5 Å². The number of methoxy groups -OCH3 is 1. The second kappa shape index (κ2) is 6.95. The topological polar surface area (TPSA) is 32.8 Å². The van der Waals surface area contributed by atoms with Crippen LogP contribution >= 0.6 is 0 Å². The van der Waals surface area contributed by atoms with E-state index in [0.717, 1.165) is 26.2 Å². The van der Waals surface area contributed by atoms with Gasteiger partial charge in [-0.25, -0.2) is 0 Å². The van der Waals surface area contributed by atoms with E-state index in [4.69, 9.17) is 4.74 Å². The summed E-state index contributed by atoms with van der Waals surface area (Å²) in [5, 5.41) is 0. The Morgan fingerprint density at radius 2 is 1.67 bits per heavy atom. The third kappa shape index (κ3) is 3.23. The number of aryl methyl sites for hydroxylation is 2. The van der Waals surface area contributed by atoms with Crippen molar-refractivity contribution in [3.63, 3.8) is 0 Å². The first kappa shape index (κ1) is 16.4. The van der Waals surface area contributed by atoms with E-state index in [1.165, 1.54) is 16.8 Å². The summed E-state index contributed by atoms with van der Waals surface area (Å²) < 4.78 is 5.31. The van der Waals surface area contributed by atoms with Crippen LogP contribution in [0, 0.1) is 13.8 Å². The van der Waals surface area contributed by atoms with E-state index in [1.54, 1.807) is 7.11 Å². The van der Waals surface area contributed by atoms with Crippen LogP contribution in [0.5, 0.6) is 5.75 Å². The van der Waals surface area contributed by atoms with Gasteiger partial charge in [0.2, 0.25) is 0 Å². The number of carbonyl (C=O) groups is 1. The van der Waals surface area contributed by atoms with Crippen LogP contribution in [0.1, 0.15) is 21.5 Å². The highest BCUT2D eigenvalue weighted by Crippen LogP contribution is 2.23. The molecule has 0 spiro atoms. The highest BCUT2D eigenvalue weighted by Gasteiger charge is 2.24. The number of rotatable bonds is 3. The predicted octanol–water partition coefficient (Wildman–Crippen LogP) is 3.27. The fourth-order valence-corrected chi connectivity index (χ4v) is 3.08. The summed E-state index contributed by atoms with van der Waals surface area (Å²) in [5.41, 5.74) is 4.49. The second-order valence-electron chi connectivity index (χ2n) is 6.25. The average molecular weight is 324 g/mol. The number of carbonyl (C=O) groups excluding carboxylic acids is 1. The SMILES string of the molecule is COc1ccccc1C(=O)N1CCN(c2ccc(C)c(C)c2)CC1. The van der Waals surface area contributed by atoms with Crippen LogP contribution in [0.25, 0.3) is 0 Å². The molecular formula is C20H24N2O2. The molecule has 24 heavy (non-hydrogen) atoms. The van der Waals surface area contributed by atoms with Crippen LogP contribution in [0.3, 0.4) is 0 Å². The maximum absolute atomic E-state index is 12.7. The molecule has 0 aliphatic carbocycles. The van der Waals surface area contributed by atoms with Gasteiger partial charge in [0.15, 0.2) is 0 Å². The fourth-order valence-electron chi connectivity index (χ4n) is 3.08. The molecule has 0 N–H and O–H groups in total. The van der Waals surface area contributed by atoms with Crippen molar-refractivity contribution in [3.05, 3.63) is 59.2 Å². The van der Waals surface area contributed by atoms with Gasteiger partial charge in [-0.1, -0.05) is 18.2 Å². The van der Waals surface area contributed by atoms with Crippen molar-refractivity contribution >= 4 is 11.6 Å². The lowest BCUT2D eigenvalue weighted by Crippen LogP contribution is -2.48. The number of benzene rings is 2. The normalized spacial score (nSPS) is 14.6. The number of para-hydroxylation sites is 1. The number of ether oxygens (including phenoxy) is 1. The van der Waals surface area contributed by atoms with Gasteiger partial charge in [0.05, 0.1) is 12.7 Å². The summed E-state index contributed by atoms with van der Waals surface area (Å²) in [7, 11) is 1.60. The quantitative estimate of drug-likeness (QED) is 0.869. The number of nitrogens with zero attached hydrogens (tertiary/aromatic N) is 2. The zero-order valence-corrected chi connectivity index (χ0v) is 14.6. The van der Waals surface area contributed by atoms with Crippen LogP contribution in [0.4, 0.5) is 5.69 Å². The van der Waals surface area contributed by atoms with Gasteiger partial charge in [-0.2, -0.15) is 0 Å². The first-order valence-corrected chi connectivity index (χ1v) is 8.34. The van der Waals surface area contributed by atoms with E-state index < -0.39 is 0 Å². The van der Waals surface area contributed by atoms with Gasteiger partial charge in [0.25, 0.3) is 5.91 Å². The van der Waals surface area contributed by atoms with Crippen molar-refractivity contribution in [2.24, 2.45) is 0 Å². The number of hydrogen-bond donors (Lipinski definition) is 0. The Morgan fingerprint density at radius 3 is 2.33 bits per heavy atom. The molecule has 2 aromatic carbocycles. The maximum atomic E-state index is 12.7. The molecule has 0 saturated carbocycles. The second-order valence-corrected chi connectivity index (χ2v) is 6.25. The van der Waals surface area contributed by atoms with Gasteiger partial charge in [0, 0.05) is 31.9 Å². The molecule has 1 fully saturated rings. The van der Waals surface area contributed by atoms with Crippen molar-refractivity contribution in [3.8, 4) is 5.75 Å². The third-order valence-corrected chi connectivity index (χ3v) is 4.76. The Balaban J connectivity index is 1.68. The fraction of sp³-hybridized carbons (Fsp3) is 0.350. The largest absolute Gasteiger partial charge is 0.496 e. The minimum absolute atomic E-state index is 0.0483. The van der Waals surface area contributed by atoms with Crippen LogP contribution in [-0.4, -0.2) is 44.1 Å². The molecule has 1 heterocycles. The van der Waals surface area contributed by atoms with Gasteiger partial charge in [0.1, 0.15) is 5.75 Å². The summed E-state index contributed by atoms with van der Waals surface area (Å²) in [5.74, 6) is 0.686. The minimum atomic E-state index is 0.0483. The summed E-state index contributed by atoms with van der Waals surface area (Å²) in [4.78, 5) is 17.0. The molecule has 0 aromatic heterocycles. The van der Waals surface area contributed by atoms with Crippen molar-refractivity contribution in [1.29, 1.82) is 0 Å². The summed E-state index contributed by atoms with van der Waals surface area (Å²) in [6.07, 6.45) is 0. The molecule has 0 atom stereocenters. The van der Waals surface area contributed by atoms with E-state index in [9.17, 15) is 4.79 Å². The molecule has 126 valence electrons. The monoisotopic (exact) mass is 324 g/mol. The van der Waals surface area contributed by atoms with Gasteiger partial charge in [-0.15, -0.1) is 0 Å². The smallest absolute Gasteiger partial charge is 0.257 e. The van der Waals surface area contributed by atoms with Crippen molar-refractivity contribution in [2.75, 3.05) is 38.2 Å². The Kier molecular flexibility index (Phi) is 4.74. The molecule has 2 aromatic rings. The molecule has 0 radical (unpaired) electrons. The van der Waals surface area contributed by atoms with Crippen molar-refractivity contribution < 1.29 is 9.53 Å². The van der Waals surface area contributed by atoms with E-state index in [1.807, 2.05) is 29.2 Å². The number of anilines is 1. The lowest BCUT2D eigenvalue weighted by Gasteiger charge is -2.36.